The highest BCUT2D eigenvalue weighted by Crippen LogP contribution is 2.25. The van der Waals surface area contributed by atoms with E-state index in [0.717, 1.165) is 78.9 Å². The predicted octanol–water partition coefficient (Wildman–Crippen LogP) is 4.05. The van der Waals surface area contributed by atoms with E-state index in [1.54, 1.807) is 28.0 Å². The van der Waals surface area contributed by atoms with Crippen LogP contribution in [0.5, 0.6) is 0 Å². The first kappa shape index (κ1) is 34.1. The summed E-state index contributed by atoms with van der Waals surface area (Å²) >= 11 is 0. The lowest BCUT2D eigenvalue weighted by Crippen LogP contribution is -2.29. The maximum Gasteiger partial charge on any atom is 0.224 e. The maximum absolute atomic E-state index is 9.65. The van der Waals surface area contributed by atoms with Crippen LogP contribution in [0.1, 0.15) is 51.4 Å². The number of hydrogen-bond acceptors (Lipinski definition) is 13. The van der Waals surface area contributed by atoms with Crippen LogP contribution in [0.25, 0.3) is 33.4 Å². The van der Waals surface area contributed by atoms with Gasteiger partial charge in [0.2, 0.25) is 11.9 Å². The average Bonchev–Trinajstić information content (AvgIpc) is 3.77. The monoisotopic (exact) mass is 692 g/mol. The van der Waals surface area contributed by atoms with Crippen molar-refractivity contribution >= 4 is 45.1 Å². The number of nitrogen functional groups attached to an aromatic ring is 1. The summed E-state index contributed by atoms with van der Waals surface area (Å²) in [5.41, 5.74) is 9.35. The third kappa shape index (κ3) is 8.33. The molecule has 0 amide bonds. The van der Waals surface area contributed by atoms with Gasteiger partial charge < -0.3 is 37.0 Å². The molecule has 2 aliphatic carbocycles. The summed E-state index contributed by atoms with van der Waals surface area (Å²) in [6, 6.07) is 15.9. The van der Waals surface area contributed by atoms with Crippen LogP contribution in [-0.4, -0.2) is 92.3 Å². The molecule has 0 unspecified atom stereocenters. The number of nitrogens with one attached hydrogen (secondary N) is 3. The molecule has 0 radical (unpaired) electrons. The quantitative estimate of drug-likeness (QED) is 0.107. The maximum atomic E-state index is 9.65. The Bertz CT molecular complexity index is 2050. The zero-order valence-corrected chi connectivity index (χ0v) is 28.3. The fourth-order valence-electron chi connectivity index (χ4n) is 6.61. The van der Waals surface area contributed by atoms with E-state index in [0.29, 0.717) is 41.8 Å². The van der Waals surface area contributed by atoms with Gasteiger partial charge in [-0.25, -0.2) is 19.3 Å². The minimum absolute atomic E-state index is 0.0798. The number of fused-ring (bicyclic) bond motifs is 2. The summed E-state index contributed by atoms with van der Waals surface area (Å²) < 4.78 is 3.56. The minimum Gasteiger partial charge on any atom is -0.399 e. The average molecular weight is 693 g/mol. The van der Waals surface area contributed by atoms with Crippen molar-refractivity contribution in [3.8, 4) is 11.6 Å². The first-order valence-electron chi connectivity index (χ1n) is 17.5. The molecule has 0 spiro atoms. The summed E-state index contributed by atoms with van der Waals surface area (Å²) in [5, 5.41) is 49.1. The van der Waals surface area contributed by atoms with Crippen molar-refractivity contribution in [2.45, 2.75) is 75.7 Å². The molecule has 4 heterocycles. The highest BCUT2D eigenvalue weighted by Gasteiger charge is 2.21. The first-order chi connectivity index (χ1) is 24.9. The van der Waals surface area contributed by atoms with Crippen molar-refractivity contribution in [2.24, 2.45) is 0 Å². The van der Waals surface area contributed by atoms with Gasteiger partial charge in [-0.1, -0.05) is 0 Å². The zero-order chi connectivity index (χ0) is 35.2. The highest BCUT2D eigenvalue weighted by molar-refractivity contribution is 5.84. The van der Waals surface area contributed by atoms with Gasteiger partial charge in [0.15, 0.2) is 11.6 Å². The molecular weight excluding hydrogens is 648 g/mol. The Morgan fingerprint density at radius 1 is 0.667 bits per heavy atom. The number of aliphatic hydroxyl groups excluding tert-OH is 3. The Labute approximate surface area is 295 Å². The highest BCUT2D eigenvalue weighted by atomic mass is 16.3. The second-order valence-corrected chi connectivity index (χ2v) is 13.1. The third-order valence-electron chi connectivity index (χ3n) is 9.38. The molecule has 0 bridgehead atoms. The van der Waals surface area contributed by atoms with Crippen molar-refractivity contribution in [1.29, 1.82) is 0 Å². The summed E-state index contributed by atoms with van der Waals surface area (Å²) in [7, 11) is 0. The summed E-state index contributed by atoms with van der Waals surface area (Å²) in [6.45, 7) is 0.577. The smallest absolute Gasteiger partial charge is 0.224 e. The molecule has 2 saturated carbocycles. The Hall–Kier alpha value is -5.38. The van der Waals surface area contributed by atoms with Crippen molar-refractivity contribution in [3.63, 3.8) is 0 Å². The van der Waals surface area contributed by atoms with Crippen LogP contribution in [0.2, 0.25) is 0 Å². The number of anilines is 4. The van der Waals surface area contributed by atoms with E-state index in [1.807, 2.05) is 54.7 Å². The number of rotatable bonds is 9. The van der Waals surface area contributed by atoms with Gasteiger partial charge in [-0.2, -0.15) is 20.2 Å². The number of nitrogens with zero attached hydrogens (tertiary/aromatic N) is 8. The van der Waals surface area contributed by atoms with Gasteiger partial charge >= 0.3 is 0 Å². The fraction of sp³-hybridized carbons (Fsp3) is 0.389. The second-order valence-electron chi connectivity index (χ2n) is 13.1. The Morgan fingerprint density at radius 3 is 1.71 bits per heavy atom. The van der Waals surface area contributed by atoms with E-state index in [4.69, 9.17) is 10.8 Å². The van der Waals surface area contributed by atoms with Gasteiger partial charge in [-0.15, -0.1) is 0 Å². The summed E-state index contributed by atoms with van der Waals surface area (Å²) in [5.74, 6) is 2.55. The summed E-state index contributed by atoms with van der Waals surface area (Å²) in [4.78, 5) is 17.9. The molecule has 2 aliphatic rings. The Kier molecular flexibility index (Phi) is 10.5. The van der Waals surface area contributed by atoms with Crippen molar-refractivity contribution < 1.29 is 15.3 Å². The van der Waals surface area contributed by atoms with Crippen molar-refractivity contribution in [3.05, 3.63) is 73.3 Å². The zero-order valence-electron chi connectivity index (χ0n) is 28.3. The lowest BCUT2D eigenvalue weighted by atomic mass is 9.93. The van der Waals surface area contributed by atoms with Gasteiger partial charge in [0.25, 0.3) is 0 Å². The molecule has 0 saturated heterocycles. The lowest BCUT2D eigenvalue weighted by Gasteiger charge is -2.26. The standard InChI is InChI=1S/C19H24N6O2.C17H20N6O/c26-10-9-20-15-2-1-13-12-22-25(17(13)11-15)18-7-8-21-19(24-18)23-14-3-5-16(27)6-4-14;18-12-2-1-11-10-20-23(15(11)9-12)16-7-8-19-17(22-16)21-13-3-5-14(24)6-4-13/h1-2,7-8,11-12,14,16,20,26-27H,3-6,9-10H2,(H,21,23,24);1-2,7-10,13-14,24H,3-6,18H2,(H,19,21,22). The van der Waals surface area contributed by atoms with Gasteiger partial charge in [-0.3, -0.25) is 0 Å². The molecule has 15 nitrogen and oxygen atoms in total. The lowest BCUT2D eigenvalue weighted by molar-refractivity contribution is 0.125. The van der Waals surface area contributed by atoms with E-state index < -0.39 is 0 Å². The molecule has 6 aromatic rings. The van der Waals surface area contributed by atoms with Crippen molar-refractivity contribution in [1.82, 2.24) is 39.5 Å². The van der Waals surface area contributed by atoms with Gasteiger partial charge in [0.1, 0.15) is 0 Å². The predicted molar refractivity (Wildman–Crippen MR) is 197 cm³/mol. The van der Waals surface area contributed by atoms with E-state index in [-0.39, 0.29) is 24.9 Å². The number of benzene rings is 2. The fourth-order valence-corrected chi connectivity index (χ4v) is 6.61. The molecule has 51 heavy (non-hydrogen) atoms. The van der Waals surface area contributed by atoms with E-state index in [1.165, 1.54) is 0 Å². The molecule has 266 valence electrons. The number of aliphatic hydroxyl groups is 3. The number of nitrogens with two attached hydrogens (primary N) is 1. The van der Waals surface area contributed by atoms with Crippen LogP contribution in [0, 0.1) is 0 Å². The van der Waals surface area contributed by atoms with Crippen LogP contribution < -0.4 is 21.7 Å². The molecule has 0 atom stereocenters. The minimum atomic E-state index is -0.181. The Balaban J connectivity index is 0.000000160. The second kappa shape index (κ2) is 15.7. The van der Waals surface area contributed by atoms with Gasteiger partial charge in [0, 0.05) is 65.3 Å². The molecule has 0 aliphatic heterocycles. The molecular formula is C36H44N12O3. The summed E-state index contributed by atoms with van der Waals surface area (Å²) in [6.07, 6.45) is 13.7. The van der Waals surface area contributed by atoms with E-state index >= 15 is 0 Å². The van der Waals surface area contributed by atoms with Crippen LogP contribution in [0.15, 0.2) is 73.3 Å². The SMILES string of the molecule is Nc1ccc2cnn(-c3ccnc(NC4CCC(O)CC4)n3)c2c1.OCCNc1ccc2cnn(-c3ccnc(NC4CCC(O)CC4)n3)c2c1. The molecule has 4 aromatic heterocycles. The number of aromatic nitrogens is 8. The molecule has 8 N–H and O–H groups in total. The topological polar surface area (TPSA) is 210 Å². The number of hydrogen-bond donors (Lipinski definition) is 7. The molecule has 2 aromatic carbocycles. The normalized spacial score (nSPS) is 20.5. The van der Waals surface area contributed by atoms with Gasteiger partial charge in [-0.05, 0) is 87.8 Å². The molecule has 2 fully saturated rings. The van der Waals surface area contributed by atoms with Crippen LogP contribution in [-0.2, 0) is 0 Å². The van der Waals surface area contributed by atoms with E-state index in [2.05, 4.69) is 46.1 Å². The van der Waals surface area contributed by atoms with Crippen molar-refractivity contribution in [2.75, 3.05) is 34.8 Å². The molecule has 8 rings (SSSR count). The van der Waals surface area contributed by atoms with Crippen LogP contribution in [0.3, 0.4) is 0 Å². The van der Waals surface area contributed by atoms with E-state index in [9.17, 15) is 10.2 Å². The largest absolute Gasteiger partial charge is 0.399 e. The van der Waals surface area contributed by atoms with Crippen LogP contribution >= 0.6 is 0 Å². The first-order valence-corrected chi connectivity index (χ1v) is 17.5. The van der Waals surface area contributed by atoms with Gasteiger partial charge in [0.05, 0.1) is 42.2 Å². The molecule has 15 heteroatoms. The Morgan fingerprint density at radius 2 is 1.18 bits per heavy atom. The van der Waals surface area contributed by atoms with Crippen LogP contribution in [0.4, 0.5) is 23.3 Å². The third-order valence-corrected chi connectivity index (χ3v) is 9.38.